The van der Waals surface area contributed by atoms with Crippen LogP contribution in [0, 0.1) is 17.5 Å². The largest absolute Gasteiger partial charge is 0.479 e. The minimum Gasteiger partial charge on any atom is -0.479 e. The Hall–Kier alpha value is -2.34. The average molecular weight is 282 g/mol. The first-order valence-corrected chi connectivity index (χ1v) is 5.57. The number of aliphatic carboxylic acids is 1. The molecule has 1 unspecified atom stereocenters. The Balaban J connectivity index is 2.64. The van der Waals surface area contributed by atoms with Crippen molar-refractivity contribution in [3.05, 3.63) is 59.4 Å². The van der Waals surface area contributed by atoms with E-state index in [1.54, 1.807) is 18.2 Å². The number of aliphatic hydroxyl groups excluding tert-OH is 1. The average Bonchev–Trinajstić information content (AvgIpc) is 2.43. The lowest BCUT2D eigenvalue weighted by atomic mass is 9.99. The van der Waals surface area contributed by atoms with E-state index in [2.05, 4.69) is 0 Å². The van der Waals surface area contributed by atoms with Gasteiger partial charge < -0.3 is 10.2 Å². The first kappa shape index (κ1) is 14.1. The van der Waals surface area contributed by atoms with Crippen molar-refractivity contribution in [3.8, 4) is 11.1 Å². The summed E-state index contributed by atoms with van der Waals surface area (Å²) >= 11 is 0. The molecule has 0 aliphatic carbocycles. The van der Waals surface area contributed by atoms with E-state index in [1.807, 2.05) is 0 Å². The van der Waals surface area contributed by atoms with Gasteiger partial charge in [-0.2, -0.15) is 0 Å². The van der Waals surface area contributed by atoms with Crippen molar-refractivity contribution in [1.29, 1.82) is 0 Å². The van der Waals surface area contributed by atoms with Crippen LogP contribution in [0.3, 0.4) is 0 Å². The Morgan fingerprint density at radius 2 is 1.65 bits per heavy atom. The number of hydrogen-bond donors (Lipinski definition) is 2. The lowest BCUT2D eigenvalue weighted by Crippen LogP contribution is -2.15. The Morgan fingerprint density at radius 3 is 2.20 bits per heavy atom. The number of halogens is 3. The summed E-state index contributed by atoms with van der Waals surface area (Å²) < 4.78 is 41.4. The zero-order chi connectivity index (χ0) is 14.9. The van der Waals surface area contributed by atoms with Crippen molar-refractivity contribution < 1.29 is 28.2 Å². The molecule has 104 valence electrons. The van der Waals surface area contributed by atoms with Gasteiger partial charge in [0, 0.05) is 5.56 Å². The van der Waals surface area contributed by atoms with Crippen LogP contribution >= 0.6 is 0 Å². The van der Waals surface area contributed by atoms with Crippen LogP contribution in [-0.2, 0) is 4.79 Å². The van der Waals surface area contributed by atoms with E-state index in [0.717, 1.165) is 0 Å². The maximum atomic E-state index is 13.9. The maximum absolute atomic E-state index is 13.9. The molecule has 0 saturated heterocycles. The molecule has 0 bridgehead atoms. The first-order chi connectivity index (χ1) is 9.43. The molecule has 2 aromatic rings. The zero-order valence-electron chi connectivity index (χ0n) is 9.98. The van der Waals surface area contributed by atoms with E-state index < -0.39 is 35.1 Å². The fraction of sp³-hybridized carbons (Fsp3) is 0.0714. The fourth-order valence-electron chi connectivity index (χ4n) is 1.81. The molecule has 0 spiro atoms. The van der Waals surface area contributed by atoms with Gasteiger partial charge in [-0.25, -0.2) is 18.0 Å². The molecule has 20 heavy (non-hydrogen) atoms. The highest BCUT2D eigenvalue weighted by Crippen LogP contribution is 2.31. The monoisotopic (exact) mass is 282 g/mol. The predicted molar refractivity (Wildman–Crippen MR) is 64.3 cm³/mol. The summed E-state index contributed by atoms with van der Waals surface area (Å²) in [7, 11) is 0. The van der Waals surface area contributed by atoms with Gasteiger partial charge in [0.15, 0.2) is 17.7 Å². The van der Waals surface area contributed by atoms with Crippen LogP contribution < -0.4 is 0 Å². The highest BCUT2D eigenvalue weighted by atomic mass is 19.2. The van der Waals surface area contributed by atoms with E-state index in [0.29, 0.717) is 6.07 Å². The first-order valence-electron chi connectivity index (χ1n) is 5.57. The molecular weight excluding hydrogens is 273 g/mol. The SMILES string of the molecule is O=C(O)C(O)c1c(F)cc(-c2ccccc2)c(F)c1F. The molecule has 3 nitrogen and oxygen atoms in total. The van der Waals surface area contributed by atoms with Crippen LogP contribution in [0.15, 0.2) is 36.4 Å². The van der Waals surface area contributed by atoms with Crippen molar-refractivity contribution in [1.82, 2.24) is 0 Å². The zero-order valence-corrected chi connectivity index (χ0v) is 9.98. The molecule has 0 aromatic heterocycles. The van der Waals surface area contributed by atoms with Crippen LogP contribution in [0.2, 0.25) is 0 Å². The molecule has 0 saturated carbocycles. The van der Waals surface area contributed by atoms with Crippen molar-refractivity contribution in [2.45, 2.75) is 6.10 Å². The number of benzene rings is 2. The minimum absolute atomic E-state index is 0.235. The standard InChI is InChI=1S/C14H9F3O3/c15-9-6-8(7-4-2-1-3-5-7)11(16)12(17)10(9)13(18)14(19)20/h1-6,13,18H,(H,19,20). The van der Waals surface area contributed by atoms with Crippen LogP contribution in [-0.4, -0.2) is 16.2 Å². The molecular formula is C14H9F3O3. The molecule has 0 aliphatic heterocycles. The molecule has 0 aliphatic rings. The van der Waals surface area contributed by atoms with E-state index in [9.17, 15) is 23.1 Å². The highest BCUT2D eigenvalue weighted by molar-refractivity contribution is 5.75. The number of carboxylic acids is 1. The summed E-state index contributed by atoms with van der Waals surface area (Å²) in [5.74, 6) is -6.31. The van der Waals surface area contributed by atoms with Gasteiger partial charge in [0.05, 0.1) is 5.56 Å². The minimum atomic E-state index is -2.46. The molecule has 0 heterocycles. The summed E-state index contributed by atoms with van der Waals surface area (Å²) in [4.78, 5) is 10.6. The number of carbonyl (C=O) groups is 1. The molecule has 6 heteroatoms. The lowest BCUT2D eigenvalue weighted by Gasteiger charge is -2.12. The molecule has 2 rings (SSSR count). The van der Waals surface area contributed by atoms with E-state index >= 15 is 0 Å². The van der Waals surface area contributed by atoms with Gasteiger partial charge in [-0.3, -0.25) is 0 Å². The Labute approximate surface area is 111 Å². The maximum Gasteiger partial charge on any atom is 0.337 e. The van der Waals surface area contributed by atoms with Gasteiger partial charge in [-0.15, -0.1) is 0 Å². The summed E-state index contributed by atoms with van der Waals surface area (Å²) in [6.45, 7) is 0. The highest BCUT2D eigenvalue weighted by Gasteiger charge is 2.28. The van der Waals surface area contributed by atoms with Crippen molar-refractivity contribution >= 4 is 5.97 Å². The second kappa shape index (κ2) is 5.34. The van der Waals surface area contributed by atoms with Crippen molar-refractivity contribution in [3.63, 3.8) is 0 Å². The van der Waals surface area contributed by atoms with Gasteiger partial charge in [0.25, 0.3) is 0 Å². The molecule has 0 radical (unpaired) electrons. The quantitative estimate of drug-likeness (QED) is 0.851. The molecule has 0 amide bonds. The van der Waals surface area contributed by atoms with Gasteiger partial charge in [-0.05, 0) is 11.6 Å². The Bertz CT molecular complexity index is 656. The summed E-state index contributed by atoms with van der Waals surface area (Å²) in [6.07, 6.45) is -2.46. The van der Waals surface area contributed by atoms with E-state index in [4.69, 9.17) is 5.11 Å². The van der Waals surface area contributed by atoms with Crippen LogP contribution in [0.4, 0.5) is 13.2 Å². The molecule has 1 atom stereocenters. The Kier molecular flexibility index (Phi) is 3.76. The van der Waals surface area contributed by atoms with E-state index in [1.165, 1.54) is 12.1 Å². The third-order valence-electron chi connectivity index (χ3n) is 2.79. The third-order valence-corrected chi connectivity index (χ3v) is 2.79. The van der Waals surface area contributed by atoms with E-state index in [-0.39, 0.29) is 11.1 Å². The number of carboxylic acid groups (broad SMARTS) is 1. The summed E-state index contributed by atoms with van der Waals surface area (Å²) in [6, 6.07) is 8.33. The van der Waals surface area contributed by atoms with Crippen LogP contribution in [0.25, 0.3) is 11.1 Å². The third kappa shape index (κ3) is 2.37. The second-order valence-electron chi connectivity index (χ2n) is 4.05. The fourth-order valence-corrected chi connectivity index (χ4v) is 1.81. The normalized spacial score (nSPS) is 12.2. The lowest BCUT2D eigenvalue weighted by molar-refractivity contribution is -0.147. The Morgan fingerprint density at radius 1 is 1.05 bits per heavy atom. The molecule has 0 fully saturated rings. The number of hydrogen-bond acceptors (Lipinski definition) is 2. The summed E-state index contributed by atoms with van der Waals surface area (Å²) in [5.41, 5.74) is -1.32. The predicted octanol–water partition coefficient (Wildman–Crippen LogP) is 2.89. The summed E-state index contributed by atoms with van der Waals surface area (Å²) in [5, 5.41) is 17.8. The number of aliphatic hydroxyl groups is 1. The van der Waals surface area contributed by atoms with Gasteiger partial charge in [-0.1, -0.05) is 30.3 Å². The van der Waals surface area contributed by atoms with Gasteiger partial charge in [0.2, 0.25) is 0 Å². The topological polar surface area (TPSA) is 57.5 Å². The second-order valence-corrected chi connectivity index (χ2v) is 4.05. The van der Waals surface area contributed by atoms with Crippen molar-refractivity contribution in [2.75, 3.05) is 0 Å². The van der Waals surface area contributed by atoms with Gasteiger partial charge >= 0.3 is 5.97 Å². The van der Waals surface area contributed by atoms with Crippen LogP contribution in [0.1, 0.15) is 11.7 Å². The van der Waals surface area contributed by atoms with Gasteiger partial charge in [0.1, 0.15) is 5.82 Å². The van der Waals surface area contributed by atoms with Crippen molar-refractivity contribution in [2.24, 2.45) is 0 Å². The smallest absolute Gasteiger partial charge is 0.337 e. The number of rotatable bonds is 3. The molecule has 2 N–H and O–H groups in total. The van der Waals surface area contributed by atoms with Crippen LogP contribution in [0.5, 0.6) is 0 Å². The molecule has 2 aromatic carbocycles.